The number of hydrogen-bond donors (Lipinski definition) is 1. The molecule has 34 heavy (non-hydrogen) atoms. The maximum atomic E-state index is 13.1. The number of carbonyl (C=O) groups excluding carboxylic acids is 1. The number of nitrogens with one attached hydrogen (secondary N) is 1. The second-order valence-electron chi connectivity index (χ2n) is 8.00. The first-order valence-electron chi connectivity index (χ1n) is 10.6. The van der Waals surface area contributed by atoms with Gasteiger partial charge in [0.2, 0.25) is 10.0 Å². The van der Waals surface area contributed by atoms with Crippen LogP contribution in [0.5, 0.6) is 5.75 Å². The summed E-state index contributed by atoms with van der Waals surface area (Å²) in [7, 11) is -3.99. The Morgan fingerprint density at radius 3 is 2.38 bits per heavy atom. The zero-order chi connectivity index (χ0) is 24.3. The van der Waals surface area contributed by atoms with Crippen LogP contribution in [0.4, 0.5) is 0 Å². The van der Waals surface area contributed by atoms with Crippen molar-refractivity contribution in [3.05, 3.63) is 106 Å². The molecule has 1 heterocycles. The van der Waals surface area contributed by atoms with Crippen LogP contribution < -0.4 is 15.1 Å². The Morgan fingerprint density at radius 1 is 0.971 bits per heavy atom. The molecule has 1 N–H and O–H groups in total. The minimum atomic E-state index is -3.99. The first kappa shape index (κ1) is 23.4. The lowest BCUT2D eigenvalue weighted by Gasteiger charge is -2.18. The predicted molar refractivity (Wildman–Crippen MR) is 128 cm³/mol. The molecule has 0 bridgehead atoms. The molecule has 4 rings (SSSR count). The highest BCUT2D eigenvalue weighted by atomic mass is 32.2. The minimum Gasteiger partial charge on any atom is -0.425 e. The molecule has 0 aliphatic rings. The predicted octanol–water partition coefficient (Wildman–Crippen LogP) is 3.91. The summed E-state index contributed by atoms with van der Waals surface area (Å²) in [5.41, 5.74) is 2.17. The van der Waals surface area contributed by atoms with Crippen molar-refractivity contribution in [1.82, 2.24) is 4.72 Å². The maximum Gasteiger partial charge on any atom is 0.336 e. The van der Waals surface area contributed by atoms with Crippen LogP contribution in [0.3, 0.4) is 0 Å². The van der Waals surface area contributed by atoms with E-state index in [1.165, 1.54) is 24.3 Å². The van der Waals surface area contributed by atoms with E-state index in [0.29, 0.717) is 5.39 Å². The van der Waals surface area contributed by atoms with Gasteiger partial charge in [-0.25, -0.2) is 18.0 Å². The van der Waals surface area contributed by atoms with Crippen LogP contribution >= 0.6 is 0 Å². The van der Waals surface area contributed by atoms with Crippen LogP contribution in [0, 0.1) is 13.8 Å². The summed E-state index contributed by atoms with van der Waals surface area (Å²) in [5, 5.41) is 0.709. The minimum absolute atomic E-state index is 0.0481. The Morgan fingerprint density at radius 2 is 1.68 bits per heavy atom. The van der Waals surface area contributed by atoms with Crippen molar-refractivity contribution in [2.24, 2.45) is 0 Å². The zero-order valence-electron chi connectivity index (χ0n) is 18.6. The lowest BCUT2D eigenvalue weighted by atomic mass is 10.1. The molecule has 4 aromatic rings. The molecule has 0 radical (unpaired) electrons. The Labute approximate surface area is 197 Å². The van der Waals surface area contributed by atoms with Crippen molar-refractivity contribution < 1.29 is 22.4 Å². The lowest BCUT2D eigenvalue weighted by molar-refractivity contribution is -0.136. The monoisotopic (exact) mass is 477 g/mol. The van der Waals surface area contributed by atoms with Crippen LogP contribution in [-0.2, 0) is 21.2 Å². The number of hydrogen-bond acceptors (Lipinski definition) is 6. The summed E-state index contributed by atoms with van der Waals surface area (Å²) < 4.78 is 39.2. The van der Waals surface area contributed by atoms with Gasteiger partial charge in [-0.3, -0.25) is 0 Å². The van der Waals surface area contributed by atoms with Gasteiger partial charge in [-0.2, -0.15) is 4.72 Å². The summed E-state index contributed by atoms with van der Waals surface area (Å²) in [6, 6.07) is 20.3. The van der Waals surface area contributed by atoms with E-state index < -0.39 is 27.7 Å². The van der Waals surface area contributed by atoms with Crippen LogP contribution in [0.25, 0.3) is 11.0 Å². The fraction of sp³-hybridized carbons (Fsp3) is 0.154. The summed E-state index contributed by atoms with van der Waals surface area (Å²) in [4.78, 5) is 24.9. The molecule has 0 fully saturated rings. The molecule has 1 atom stereocenters. The number of sulfonamides is 1. The van der Waals surface area contributed by atoms with Crippen molar-refractivity contribution in [2.75, 3.05) is 0 Å². The highest BCUT2D eigenvalue weighted by Crippen LogP contribution is 2.23. The van der Waals surface area contributed by atoms with Gasteiger partial charge in [-0.1, -0.05) is 48.0 Å². The molecule has 174 valence electrons. The van der Waals surface area contributed by atoms with Crippen LogP contribution in [0.1, 0.15) is 16.7 Å². The van der Waals surface area contributed by atoms with Gasteiger partial charge in [-0.15, -0.1) is 0 Å². The van der Waals surface area contributed by atoms with Crippen LogP contribution in [-0.4, -0.2) is 20.4 Å². The van der Waals surface area contributed by atoms with E-state index in [4.69, 9.17) is 9.15 Å². The standard InChI is InChI=1S/C26H23NO6S/c1-17-8-11-21(12-9-17)34(30,31)27-23(15-19-6-4-3-5-7-19)26(29)32-20-10-13-22-18(2)14-25(28)33-24(22)16-20/h3-14,16,23,27H,15H2,1-2H3. The van der Waals surface area contributed by atoms with E-state index in [1.807, 2.05) is 13.0 Å². The van der Waals surface area contributed by atoms with E-state index in [1.54, 1.807) is 55.5 Å². The number of fused-ring (bicyclic) bond motifs is 1. The smallest absolute Gasteiger partial charge is 0.336 e. The largest absolute Gasteiger partial charge is 0.425 e. The van der Waals surface area contributed by atoms with Crippen molar-refractivity contribution in [3.63, 3.8) is 0 Å². The molecule has 0 saturated carbocycles. The van der Waals surface area contributed by atoms with Crippen molar-refractivity contribution in [2.45, 2.75) is 31.2 Å². The fourth-order valence-corrected chi connectivity index (χ4v) is 4.74. The number of esters is 1. The molecule has 0 amide bonds. The lowest BCUT2D eigenvalue weighted by Crippen LogP contribution is -2.44. The average molecular weight is 478 g/mol. The molecular weight excluding hydrogens is 454 g/mol. The van der Waals surface area contributed by atoms with E-state index in [0.717, 1.165) is 16.7 Å². The summed E-state index contributed by atoms with van der Waals surface area (Å²) in [6.45, 7) is 3.63. The van der Waals surface area contributed by atoms with Gasteiger partial charge in [0.25, 0.3) is 0 Å². The average Bonchev–Trinajstić information content (AvgIpc) is 2.79. The first-order valence-corrected chi connectivity index (χ1v) is 12.1. The Hall–Kier alpha value is -3.75. The Bertz CT molecular complexity index is 1490. The highest BCUT2D eigenvalue weighted by molar-refractivity contribution is 7.89. The summed E-state index contributed by atoms with van der Waals surface area (Å²) in [5.74, 6) is -0.646. The first-order chi connectivity index (χ1) is 16.2. The molecule has 3 aromatic carbocycles. The number of ether oxygens (including phenoxy) is 1. The number of benzene rings is 3. The van der Waals surface area contributed by atoms with Crippen molar-refractivity contribution in [1.29, 1.82) is 0 Å². The molecular formula is C26H23NO6S. The summed E-state index contributed by atoms with van der Waals surface area (Å²) in [6.07, 6.45) is 0.0898. The van der Waals surface area contributed by atoms with E-state index in [2.05, 4.69) is 4.72 Å². The van der Waals surface area contributed by atoms with E-state index in [9.17, 15) is 18.0 Å². The van der Waals surface area contributed by atoms with Crippen molar-refractivity contribution in [3.8, 4) is 5.75 Å². The number of aryl methyl sites for hydroxylation is 2. The Balaban J connectivity index is 1.63. The number of rotatable bonds is 7. The maximum absolute atomic E-state index is 13.1. The zero-order valence-corrected chi connectivity index (χ0v) is 19.5. The third-order valence-electron chi connectivity index (χ3n) is 5.34. The molecule has 1 aromatic heterocycles. The van der Waals surface area contributed by atoms with Crippen molar-refractivity contribution >= 4 is 27.0 Å². The van der Waals surface area contributed by atoms with E-state index >= 15 is 0 Å². The van der Waals surface area contributed by atoms with Gasteiger partial charge in [0.15, 0.2) is 0 Å². The molecule has 0 saturated heterocycles. The molecule has 7 nitrogen and oxygen atoms in total. The summed E-state index contributed by atoms with van der Waals surface area (Å²) >= 11 is 0. The fourth-order valence-electron chi connectivity index (χ4n) is 3.55. The van der Waals surface area contributed by atoms with Gasteiger partial charge in [-0.05, 0) is 55.7 Å². The molecule has 0 aliphatic carbocycles. The highest BCUT2D eigenvalue weighted by Gasteiger charge is 2.28. The van der Waals surface area contributed by atoms with Crippen LogP contribution in [0.2, 0.25) is 0 Å². The van der Waals surface area contributed by atoms with E-state index in [-0.39, 0.29) is 22.6 Å². The Kier molecular flexibility index (Phi) is 6.63. The normalized spacial score (nSPS) is 12.4. The second kappa shape index (κ2) is 9.62. The second-order valence-corrected chi connectivity index (χ2v) is 9.72. The van der Waals surface area contributed by atoms with Gasteiger partial charge >= 0.3 is 11.6 Å². The van der Waals surface area contributed by atoms with Gasteiger partial charge in [0.1, 0.15) is 17.4 Å². The third kappa shape index (κ3) is 5.41. The van der Waals surface area contributed by atoms with Crippen LogP contribution in [0.15, 0.2) is 93.0 Å². The van der Waals surface area contributed by atoms with Gasteiger partial charge in [0, 0.05) is 17.5 Å². The quantitative estimate of drug-likeness (QED) is 0.246. The topological polar surface area (TPSA) is 103 Å². The molecule has 1 unspecified atom stereocenters. The molecule has 0 spiro atoms. The third-order valence-corrected chi connectivity index (χ3v) is 6.82. The number of carbonyl (C=O) groups is 1. The van der Waals surface area contributed by atoms with Gasteiger partial charge in [0.05, 0.1) is 4.90 Å². The SMILES string of the molecule is Cc1ccc(S(=O)(=O)NC(Cc2ccccc2)C(=O)Oc2ccc3c(C)cc(=O)oc3c2)cc1. The van der Waals surface area contributed by atoms with Gasteiger partial charge < -0.3 is 9.15 Å². The molecule has 8 heteroatoms. The molecule has 0 aliphatic heterocycles.